The SMILES string of the molecule is CN(C)C(=O)CCCC1CCN1. The minimum Gasteiger partial charge on any atom is -0.349 e. The zero-order valence-corrected chi connectivity index (χ0v) is 7.97. The van der Waals surface area contributed by atoms with Crippen LogP contribution in [0.2, 0.25) is 0 Å². The molecule has 3 nitrogen and oxygen atoms in total. The van der Waals surface area contributed by atoms with E-state index in [-0.39, 0.29) is 5.91 Å². The fourth-order valence-electron chi connectivity index (χ4n) is 1.32. The lowest BCUT2D eigenvalue weighted by Crippen LogP contribution is -2.42. The van der Waals surface area contributed by atoms with E-state index in [2.05, 4.69) is 5.32 Å². The second-order valence-corrected chi connectivity index (χ2v) is 3.62. The lowest BCUT2D eigenvalue weighted by Gasteiger charge is -2.27. The molecule has 0 spiro atoms. The van der Waals surface area contributed by atoms with Crippen LogP contribution in [0.4, 0.5) is 0 Å². The predicted octanol–water partition coefficient (Wildman–Crippen LogP) is 0.607. The van der Waals surface area contributed by atoms with Crippen molar-refractivity contribution < 1.29 is 4.79 Å². The van der Waals surface area contributed by atoms with Gasteiger partial charge in [0, 0.05) is 26.6 Å². The Bertz CT molecular complexity index is 153. The third-order valence-electron chi connectivity index (χ3n) is 2.37. The Morgan fingerprint density at radius 2 is 2.25 bits per heavy atom. The van der Waals surface area contributed by atoms with E-state index in [0.29, 0.717) is 12.5 Å². The summed E-state index contributed by atoms with van der Waals surface area (Å²) in [5.74, 6) is 0.245. The molecule has 0 aliphatic carbocycles. The van der Waals surface area contributed by atoms with Crippen LogP contribution >= 0.6 is 0 Å². The molecule has 1 aliphatic rings. The van der Waals surface area contributed by atoms with Crippen LogP contribution in [-0.4, -0.2) is 37.5 Å². The Morgan fingerprint density at radius 3 is 2.67 bits per heavy atom. The molecule has 70 valence electrons. The molecule has 1 saturated heterocycles. The second-order valence-electron chi connectivity index (χ2n) is 3.62. The standard InChI is InChI=1S/C9H18N2O/c1-11(2)9(12)5-3-4-8-6-7-10-8/h8,10H,3-7H2,1-2H3. The van der Waals surface area contributed by atoms with Gasteiger partial charge in [0.1, 0.15) is 0 Å². The van der Waals surface area contributed by atoms with Gasteiger partial charge in [0.05, 0.1) is 0 Å². The lowest BCUT2D eigenvalue weighted by molar-refractivity contribution is -0.128. The number of rotatable bonds is 4. The molecule has 0 radical (unpaired) electrons. The van der Waals surface area contributed by atoms with Crippen molar-refractivity contribution in [2.24, 2.45) is 0 Å². The Hall–Kier alpha value is -0.570. The first kappa shape index (κ1) is 9.52. The molecule has 1 rings (SSSR count). The summed E-state index contributed by atoms with van der Waals surface area (Å²) in [5, 5.41) is 3.32. The van der Waals surface area contributed by atoms with E-state index in [1.165, 1.54) is 6.42 Å². The van der Waals surface area contributed by atoms with Crippen molar-refractivity contribution in [2.45, 2.75) is 31.7 Å². The summed E-state index contributed by atoms with van der Waals surface area (Å²) in [6.07, 6.45) is 4.16. The topological polar surface area (TPSA) is 32.3 Å². The minimum atomic E-state index is 0.245. The molecule has 0 aromatic heterocycles. The number of hydrogen-bond donors (Lipinski definition) is 1. The molecule has 1 fully saturated rings. The number of hydrogen-bond acceptors (Lipinski definition) is 2. The molecular weight excluding hydrogens is 152 g/mol. The van der Waals surface area contributed by atoms with Gasteiger partial charge in [0.15, 0.2) is 0 Å². The zero-order chi connectivity index (χ0) is 8.97. The summed E-state index contributed by atoms with van der Waals surface area (Å²) in [7, 11) is 3.62. The van der Waals surface area contributed by atoms with Crippen molar-refractivity contribution in [2.75, 3.05) is 20.6 Å². The molecule has 1 N–H and O–H groups in total. The average Bonchev–Trinajstić information content (AvgIpc) is 1.93. The van der Waals surface area contributed by atoms with Gasteiger partial charge in [-0.1, -0.05) is 0 Å². The molecule has 1 heterocycles. The van der Waals surface area contributed by atoms with Gasteiger partial charge in [-0.05, 0) is 25.8 Å². The third kappa shape index (κ3) is 2.81. The number of nitrogens with zero attached hydrogens (tertiary/aromatic N) is 1. The summed E-state index contributed by atoms with van der Waals surface area (Å²) in [4.78, 5) is 12.8. The van der Waals surface area contributed by atoms with Gasteiger partial charge in [-0.2, -0.15) is 0 Å². The quantitative estimate of drug-likeness (QED) is 0.670. The van der Waals surface area contributed by atoms with Crippen LogP contribution in [0.1, 0.15) is 25.7 Å². The van der Waals surface area contributed by atoms with E-state index in [4.69, 9.17) is 0 Å². The summed E-state index contributed by atoms with van der Waals surface area (Å²) in [6.45, 7) is 1.16. The molecule has 12 heavy (non-hydrogen) atoms. The molecule has 0 saturated carbocycles. The lowest BCUT2D eigenvalue weighted by atomic mass is 10.0. The van der Waals surface area contributed by atoms with Crippen LogP contribution in [0.3, 0.4) is 0 Å². The second kappa shape index (κ2) is 4.45. The van der Waals surface area contributed by atoms with Crippen LogP contribution < -0.4 is 5.32 Å². The highest BCUT2D eigenvalue weighted by Gasteiger charge is 2.15. The molecule has 1 amide bonds. The average molecular weight is 170 g/mol. The van der Waals surface area contributed by atoms with Crippen molar-refractivity contribution in [1.82, 2.24) is 10.2 Å². The van der Waals surface area contributed by atoms with Crippen molar-refractivity contribution in [3.63, 3.8) is 0 Å². The van der Waals surface area contributed by atoms with Gasteiger partial charge >= 0.3 is 0 Å². The number of carbonyl (C=O) groups is 1. The Labute approximate surface area is 74.1 Å². The van der Waals surface area contributed by atoms with E-state index >= 15 is 0 Å². The fourth-order valence-corrected chi connectivity index (χ4v) is 1.32. The molecule has 3 heteroatoms. The van der Waals surface area contributed by atoms with E-state index in [9.17, 15) is 4.79 Å². The first-order chi connectivity index (χ1) is 5.70. The molecule has 1 aliphatic heterocycles. The maximum atomic E-state index is 11.1. The van der Waals surface area contributed by atoms with Crippen LogP contribution in [0.5, 0.6) is 0 Å². The van der Waals surface area contributed by atoms with Gasteiger partial charge in [-0.15, -0.1) is 0 Å². The van der Waals surface area contributed by atoms with Crippen LogP contribution in [0, 0.1) is 0 Å². The van der Waals surface area contributed by atoms with Crippen molar-refractivity contribution >= 4 is 5.91 Å². The summed E-state index contributed by atoms with van der Waals surface area (Å²) in [5.41, 5.74) is 0. The monoisotopic (exact) mass is 170 g/mol. The number of amides is 1. The predicted molar refractivity (Wildman–Crippen MR) is 49.0 cm³/mol. The third-order valence-corrected chi connectivity index (χ3v) is 2.37. The molecule has 1 unspecified atom stereocenters. The van der Waals surface area contributed by atoms with Crippen molar-refractivity contribution in [3.8, 4) is 0 Å². The highest BCUT2D eigenvalue weighted by Crippen LogP contribution is 2.10. The minimum absolute atomic E-state index is 0.245. The zero-order valence-electron chi connectivity index (χ0n) is 7.97. The fraction of sp³-hybridized carbons (Fsp3) is 0.889. The van der Waals surface area contributed by atoms with Crippen LogP contribution in [-0.2, 0) is 4.79 Å². The smallest absolute Gasteiger partial charge is 0.222 e. The Balaban J connectivity index is 1.97. The first-order valence-corrected chi connectivity index (χ1v) is 4.63. The Morgan fingerprint density at radius 1 is 1.58 bits per heavy atom. The first-order valence-electron chi connectivity index (χ1n) is 4.63. The highest BCUT2D eigenvalue weighted by molar-refractivity contribution is 5.75. The maximum absolute atomic E-state index is 11.1. The van der Waals surface area contributed by atoms with Gasteiger partial charge in [0.2, 0.25) is 5.91 Å². The number of carbonyl (C=O) groups excluding carboxylic acids is 1. The summed E-state index contributed by atoms with van der Waals surface area (Å²) >= 11 is 0. The van der Waals surface area contributed by atoms with E-state index in [1.54, 1.807) is 4.90 Å². The number of nitrogens with one attached hydrogen (secondary N) is 1. The van der Waals surface area contributed by atoms with Gasteiger partial charge in [-0.3, -0.25) is 4.79 Å². The normalized spacial score (nSPS) is 21.7. The molecule has 0 bridgehead atoms. The van der Waals surface area contributed by atoms with Gasteiger partial charge < -0.3 is 10.2 Å². The van der Waals surface area contributed by atoms with Crippen LogP contribution in [0.25, 0.3) is 0 Å². The molecule has 0 aromatic carbocycles. The molecule has 1 atom stereocenters. The highest BCUT2D eigenvalue weighted by atomic mass is 16.2. The maximum Gasteiger partial charge on any atom is 0.222 e. The van der Waals surface area contributed by atoms with E-state index in [1.807, 2.05) is 14.1 Å². The van der Waals surface area contributed by atoms with Gasteiger partial charge in [-0.25, -0.2) is 0 Å². The summed E-state index contributed by atoms with van der Waals surface area (Å²) in [6, 6.07) is 0.694. The Kier molecular flexibility index (Phi) is 3.53. The van der Waals surface area contributed by atoms with E-state index < -0.39 is 0 Å². The molecular formula is C9H18N2O. The largest absolute Gasteiger partial charge is 0.349 e. The van der Waals surface area contributed by atoms with Crippen molar-refractivity contribution in [3.05, 3.63) is 0 Å². The van der Waals surface area contributed by atoms with Crippen molar-refractivity contribution in [1.29, 1.82) is 0 Å². The molecule has 0 aromatic rings. The van der Waals surface area contributed by atoms with E-state index in [0.717, 1.165) is 19.4 Å². The van der Waals surface area contributed by atoms with Crippen LogP contribution in [0.15, 0.2) is 0 Å². The summed E-state index contributed by atoms with van der Waals surface area (Å²) < 4.78 is 0. The van der Waals surface area contributed by atoms with Gasteiger partial charge in [0.25, 0.3) is 0 Å².